The molecule has 0 aromatic heterocycles. The Bertz CT molecular complexity index is 168. The minimum atomic E-state index is -2.73. The van der Waals surface area contributed by atoms with E-state index in [1.54, 1.807) is 0 Å². The van der Waals surface area contributed by atoms with Gasteiger partial charge in [0.05, 0.1) is 7.11 Å². The van der Waals surface area contributed by atoms with E-state index in [1.807, 2.05) is 0 Å². The first-order chi connectivity index (χ1) is 4.42. The van der Waals surface area contributed by atoms with E-state index in [1.165, 1.54) is 0 Å². The van der Waals surface area contributed by atoms with E-state index in [0.717, 1.165) is 7.11 Å². The smallest absolute Gasteiger partial charge is 0.314 e. The summed E-state index contributed by atoms with van der Waals surface area (Å²) in [4.78, 5) is 20.5. The van der Waals surface area contributed by atoms with Crippen molar-refractivity contribution in [2.45, 2.75) is 6.37 Å². The maximum absolute atomic E-state index is 10.4. The monoisotopic (exact) mass is 138 g/mol. The molecule has 0 aliphatic rings. The van der Waals surface area contributed by atoms with E-state index in [0.29, 0.717) is 0 Å². The van der Waals surface area contributed by atoms with Crippen LogP contribution in [-0.4, -0.2) is 18.3 Å². The van der Waals surface area contributed by atoms with Gasteiger partial charge >= 0.3 is 5.97 Å². The van der Waals surface area contributed by atoms with Crippen molar-refractivity contribution in [1.82, 2.24) is 0 Å². The zero-order valence-electron chi connectivity index (χ0n) is 6.10. The molecule has 3 nitrogen and oxygen atoms in total. The molecule has 0 aliphatic carbocycles. The largest absolute Gasteiger partial charge is 0.469 e. The van der Waals surface area contributed by atoms with Crippen LogP contribution in [-0.2, 0) is 14.3 Å². The molecule has 0 saturated carbocycles. The van der Waals surface area contributed by atoms with Crippen molar-refractivity contribution in [2.75, 3.05) is 7.11 Å². The predicted molar refractivity (Wildman–Crippen MR) is 27.5 cm³/mol. The number of carbonyl (C=O) groups excluding carboxylic acids is 2. The van der Waals surface area contributed by atoms with Crippen LogP contribution in [0.1, 0.15) is 9.11 Å². The summed E-state index contributed by atoms with van der Waals surface area (Å²) in [5, 5.41) is -1.38. The van der Waals surface area contributed by atoms with Gasteiger partial charge in [0.2, 0.25) is 5.24 Å². The van der Waals surface area contributed by atoms with Gasteiger partial charge in [-0.25, -0.2) is 0 Å². The molecule has 8 heavy (non-hydrogen) atoms. The lowest BCUT2D eigenvalue weighted by Gasteiger charge is -1.89. The lowest BCUT2D eigenvalue weighted by molar-refractivity contribution is -0.142. The van der Waals surface area contributed by atoms with E-state index in [2.05, 4.69) is 4.74 Å². The Kier molecular flexibility index (Phi) is 1.86. The number of halogens is 1. The fraction of sp³-hybridized carbons (Fsp3) is 0.500. The van der Waals surface area contributed by atoms with Crippen molar-refractivity contribution in [3.8, 4) is 0 Å². The topological polar surface area (TPSA) is 43.4 Å². The number of ether oxygens (including phenoxy) is 1. The summed E-state index contributed by atoms with van der Waals surface area (Å²) < 4.78 is 17.4. The molecule has 0 atom stereocenters. The highest BCUT2D eigenvalue weighted by atomic mass is 35.5. The molecule has 0 heterocycles. The van der Waals surface area contributed by atoms with Crippen molar-refractivity contribution in [3.63, 3.8) is 0 Å². The first kappa shape index (κ1) is 4.32. The van der Waals surface area contributed by atoms with Crippen molar-refractivity contribution < 1.29 is 17.1 Å². The second-order valence-electron chi connectivity index (χ2n) is 0.890. The van der Waals surface area contributed by atoms with Crippen LogP contribution in [0.5, 0.6) is 0 Å². The van der Waals surface area contributed by atoms with Gasteiger partial charge in [0.1, 0.15) is 6.37 Å². The molecule has 0 aliphatic heterocycles. The second kappa shape index (κ2) is 3.43. The van der Waals surface area contributed by atoms with Gasteiger partial charge in [0.25, 0.3) is 0 Å². The molecular formula is C4H5ClO3. The normalized spacial score (nSPS) is 13.8. The average Bonchev–Trinajstić information content (AvgIpc) is 1.86. The Hall–Kier alpha value is -0.570. The van der Waals surface area contributed by atoms with Crippen LogP contribution in [0.25, 0.3) is 0 Å². The summed E-state index contributed by atoms with van der Waals surface area (Å²) in [6, 6.07) is 0. The third-order valence-corrected chi connectivity index (χ3v) is 0.480. The molecule has 0 spiro atoms. The van der Waals surface area contributed by atoms with Crippen LogP contribution in [0.15, 0.2) is 0 Å². The van der Waals surface area contributed by atoms with Crippen LogP contribution in [0.2, 0.25) is 0 Å². The van der Waals surface area contributed by atoms with E-state index in [-0.39, 0.29) is 0 Å². The number of hydrogen-bond donors (Lipinski definition) is 0. The van der Waals surface area contributed by atoms with Crippen molar-refractivity contribution in [3.05, 3.63) is 0 Å². The van der Waals surface area contributed by atoms with Crippen LogP contribution in [0, 0.1) is 0 Å². The van der Waals surface area contributed by atoms with Crippen LogP contribution in [0.4, 0.5) is 0 Å². The molecule has 0 N–H and O–H groups in total. The molecule has 0 aromatic rings. The molecule has 0 saturated heterocycles. The standard InChI is InChI=1S/C4H5ClO3/c1-8-4(7)2-3(5)6/h2H2,1H3/i2D2. The van der Waals surface area contributed by atoms with Gasteiger partial charge in [-0.1, -0.05) is 0 Å². The third kappa shape index (κ3) is 3.61. The van der Waals surface area contributed by atoms with Gasteiger partial charge in [-0.3, -0.25) is 9.59 Å². The predicted octanol–water partition coefficient (Wildman–Crippen LogP) is 0.315. The van der Waals surface area contributed by atoms with E-state index < -0.39 is 17.6 Å². The maximum Gasteiger partial charge on any atom is 0.314 e. The van der Waals surface area contributed by atoms with Crippen molar-refractivity contribution in [2.24, 2.45) is 0 Å². The van der Waals surface area contributed by atoms with E-state index >= 15 is 0 Å². The molecule has 46 valence electrons. The fourth-order valence-corrected chi connectivity index (χ4v) is 0.208. The van der Waals surface area contributed by atoms with Gasteiger partial charge in [-0.15, -0.1) is 0 Å². The first-order valence-electron chi connectivity index (χ1n) is 2.71. The lowest BCUT2D eigenvalue weighted by Crippen LogP contribution is -2.03. The Labute approximate surface area is 54.4 Å². The summed E-state index contributed by atoms with van der Waals surface area (Å²) in [5.41, 5.74) is 0. The molecular weight excluding hydrogens is 131 g/mol. The summed E-state index contributed by atoms with van der Waals surface area (Å²) in [6.07, 6.45) is -2.73. The van der Waals surface area contributed by atoms with E-state index in [4.69, 9.17) is 14.3 Å². The zero-order valence-corrected chi connectivity index (χ0v) is 4.86. The summed E-state index contributed by atoms with van der Waals surface area (Å²) in [5.74, 6) is -1.28. The number of rotatable bonds is 2. The van der Waals surface area contributed by atoms with Gasteiger partial charge in [0, 0.05) is 2.74 Å². The molecule has 0 radical (unpaired) electrons. The highest BCUT2D eigenvalue weighted by molar-refractivity contribution is 6.64. The summed E-state index contributed by atoms with van der Waals surface area (Å²) in [6.45, 7) is 0. The third-order valence-electron chi connectivity index (χ3n) is 0.386. The quantitative estimate of drug-likeness (QED) is 0.314. The molecule has 0 unspecified atom stereocenters. The number of carbonyl (C=O) groups is 2. The van der Waals surface area contributed by atoms with Crippen molar-refractivity contribution in [1.29, 1.82) is 0 Å². The Morgan fingerprint density at radius 1 is 1.88 bits per heavy atom. The van der Waals surface area contributed by atoms with Gasteiger partial charge in [-0.05, 0) is 11.6 Å². The Morgan fingerprint density at radius 3 is 2.50 bits per heavy atom. The summed E-state index contributed by atoms with van der Waals surface area (Å²) >= 11 is 4.73. The molecule has 0 fully saturated rings. The minimum absolute atomic E-state index is 0.972. The average molecular weight is 139 g/mol. The van der Waals surface area contributed by atoms with Crippen LogP contribution in [0.3, 0.4) is 0 Å². The molecule has 0 aromatic carbocycles. The Morgan fingerprint density at radius 2 is 2.38 bits per heavy atom. The van der Waals surface area contributed by atoms with Gasteiger partial charge < -0.3 is 4.74 Å². The number of esters is 1. The van der Waals surface area contributed by atoms with Crippen molar-refractivity contribution >= 4 is 22.8 Å². The molecule has 0 amide bonds. The zero-order chi connectivity index (χ0) is 8.36. The number of methoxy groups -OCH3 is 1. The van der Waals surface area contributed by atoms with Gasteiger partial charge in [-0.2, -0.15) is 0 Å². The SMILES string of the molecule is [2H]C([2H])(C(=O)Cl)C(=O)OC. The second-order valence-corrected chi connectivity index (χ2v) is 1.23. The maximum atomic E-state index is 10.4. The molecule has 0 bridgehead atoms. The number of hydrogen-bond acceptors (Lipinski definition) is 3. The highest BCUT2D eigenvalue weighted by Gasteiger charge is 2.04. The highest BCUT2D eigenvalue weighted by Crippen LogP contribution is 1.89. The fourth-order valence-electron chi connectivity index (χ4n) is 0.131. The molecule has 0 rings (SSSR count). The lowest BCUT2D eigenvalue weighted by atomic mass is 10.5. The Balaban J connectivity index is 4.40. The minimum Gasteiger partial charge on any atom is -0.469 e. The molecule has 4 heteroatoms. The van der Waals surface area contributed by atoms with E-state index in [9.17, 15) is 9.59 Å². The summed E-state index contributed by atoms with van der Waals surface area (Å²) in [7, 11) is 0.972. The van der Waals surface area contributed by atoms with Crippen LogP contribution < -0.4 is 0 Å². The van der Waals surface area contributed by atoms with Crippen LogP contribution >= 0.6 is 11.6 Å². The first-order valence-corrected chi connectivity index (χ1v) is 2.09. The van der Waals surface area contributed by atoms with Gasteiger partial charge in [0.15, 0.2) is 0 Å².